The number of rotatable bonds is 4. The predicted octanol–water partition coefficient (Wildman–Crippen LogP) is 0.691. The lowest BCUT2D eigenvalue weighted by Crippen LogP contribution is -2.37. The maximum Gasteiger partial charge on any atom is 0.191 e. The van der Waals surface area contributed by atoms with Crippen LogP contribution in [0.5, 0.6) is 0 Å². The molecule has 2 rings (SSSR count). The normalized spacial score (nSPS) is 11.1. The van der Waals surface area contributed by atoms with E-state index in [4.69, 9.17) is 5.26 Å². The summed E-state index contributed by atoms with van der Waals surface area (Å²) in [7, 11) is 3.41. The largest absolute Gasteiger partial charge is 0.352 e. The molecule has 0 bridgehead atoms. The third-order valence-electron chi connectivity index (χ3n) is 3.06. The highest BCUT2D eigenvalue weighted by atomic mass is 19.1. The van der Waals surface area contributed by atoms with Crippen LogP contribution in [0.25, 0.3) is 0 Å². The molecule has 0 radical (unpaired) electrons. The van der Waals surface area contributed by atoms with Gasteiger partial charge in [0.05, 0.1) is 18.2 Å². The number of aliphatic imine (C=N–C) groups is 1. The highest BCUT2D eigenvalue weighted by molar-refractivity contribution is 5.79. The second-order valence-electron chi connectivity index (χ2n) is 4.50. The number of aryl methyl sites for hydroxylation is 1. The Morgan fingerprint density at radius 1 is 1.41 bits per heavy atom. The molecule has 0 aliphatic carbocycles. The molecule has 0 aliphatic rings. The number of nitriles is 1. The molecule has 1 aromatic carbocycles. The molecule has 0 spiro atoms. The second kappa shape index (κ2) is 7.17. The zero-order valence-corrected chi connectivity index (χ0v) is 12.3. The molecule has 0 fully saturated rings. The molecule has 7 nitrogen and oxygen atoms in total. The van der Waals surface area contributed by atoms with E-state index in [0.717, 1.165) is 5.82 Å². The number of nitrogens with zero attached hydrogens (tertiary/aromatic N) is 5. The van der Waals surface area contributed by atoms with Crippen LogP contribution in [0, 0.1) is 17.1 Å². The van der Waals surface area contributed by atoms with Crippen LogP contribution >= 0.6 is 0 Å². The summed E-state index contributed by atoms with van der Waals surface area (Å²) < 4.78 is 15.3. The Morgan fingerprint density at radius 2 is 2.18 bits per heavy atom. The zero-order valence-electron chi connectivity index (χ0n) is 12.3. The zero-order chi connectivity index (χ0) is 15.9. The van der Waals surface area contributed by atoms with E-state index < -0.39 is 0 Å². The highest BCUT2D eigenvalue weighted by Crippen LogP contribution is 2.09. The third kappa shape index (κ3) is 3.79. The lowest BCUT2D eigenvalue weighted by Gasteiger charge is -2.12. The number of guanidine groups is 1. The third-order valence-corrected chi connectivity index (χ3v) is 3.06. The van der Waals surface area contributed by atoms with Crippen LogP contribution < -0.4 is 10.6 Å². The van der Waals surface area contributed by atoms with E-state index in [1.165, 1.54) is 24.5 Å². The number of halogens is 1. The van der Waals surface area contributed by atoms with Crippen molar-refractivity contribution in [1.82, 2.24) is 25.4 Å². The summed E-state index contributed by atoms with van der Waals surface area (Å²) >= 11 is 0. The summed E-state index contributed by atoms with van der Waals surface area (Å²) in [4.78, 5) is 8.14. The summed E-state index contributed by atoms with van der Waals surface area (Å²) in [6.07, 6.45) is 1.47. The van der Waals surface area contributed by atoms with E-state index in [1.807, 2.05) is 6.07 Å². The minimum Gasteiger partial charge on any atom is -0.352 e. The Morgan fingerprint density at radius 3 is 2.82 bits per heavy atom. The van der Waals surface area contributed by atoms with Crippen molar-refractivity contribution >= 4 is 5.96 Å². The molecular formula is C14H16FN7. The van der Waals surface area contributed by atoms with Gasteiger partial charge in [-0.1, -0.05) is 0 Å². The number of hydrogen-bond acceptors (Lipinski definition) is 4. The van der Waals surface area contributed by atoms with Crippen molar-refractivity contribution in [3.63, 3.8) is 0 Å². The molecular weight excluding hydrogens is 285 g/mol. The van der Waals surface area contributed by atoms with Crippen molar-refractivity contribution < 1.29 is 4.39 Å². The van der Waals surface area contributed by atoms with E-state index in [2.05, 4.69) is 25.7 Å². The first-order chi connectivity index (χ1) is 10.6. The SMILES string of the molecule is CN=C(NCc1cc(C#N)ccc1F)NCc1ncnn1C. The van der Waals surface area contributed by atoms with Gasteiger partial charge in [0.25, 0.3) is 0 Å². The Hall–Kier alpha value is -2.95. The van der Waals surface area contributed by atoms with Crippen molar-refractivity contribution in [3.8, 4) is 6.07 Å². The van der Waals surface area contributed by atoms with Crippen molar-refractivity contribution in [2.45, 2.75) is 13.1 Å². The molecule has 0 amide bonds. The van der Waals surface area contributed by atoms with Gasteiger partial charge < -0.3 is 10.6 Å². The Bertz CT molecular complexity index is 714. The molecule has 22 heavy (non-hydrogen) atoms. The summed E-state index contributed by atoms with van der Waals surface area (Å²) in [6, 6.07) is 6.23. The fourth-order valence-corrected chi connectivity index (χ4v) is 1.82. The minimum atomic E-state index is -0.366. The second-order valence-corrected chi connectivity index (χ2v) is 4.50. The van der Waals surface area contributed by atoms with Gasteiger partial charge in [0, 0.05) is 26.2 Å². The summed E-state index contributed by atoms with van der Waals surface area (Å²) in [5, 5.41) is 18.9. The van der Waals surface area contributed by atoms with Gasteiger partial charge in [-0.15, -0.1) is 0 Å². The lowest BCUT2D eigenvalue weighted by atomic mass is 10.1. The van der Waals surface area contributed by atoms with Crippen LogP contribution in [-0.4, -0.2) is 27.8 Å². The molecule has 0 saturated heterocycles. The average molecular weight is 301 g/mol. The van der Waals surface area contributed by atoms with Gasteiger partial charge in [-0.05, 0) is 18.2 Å². The van der Waals surface area contributed by atoms with Crippen molar-refractivity contribution in [1.29, 1.82) is 5.26 Å². The lowest BCUT2D eigenvalue weighted by molar-refractivity contribution is 0.603. The first-order valence-electron chi connectivity index (χ1n) is 6.60. The van der Waals surface area contributed by atoms with Gasteiger partial charge in [-0.2, -0.15) is 10.4 Å². The molecule has 1 aromatic heterocycles. The number of nitrogens with one attached hydrogen (secondary N) is 2. The number of benzene rings is 1. The molecule has 2 aromatic rings. The number of aromatic nitrogens is 3. The van der Waals surface area contributed by atoms with E-state index in [-0.39, 0.29) is 12.4 Å². The number of hydrogen-bond donors (Lipinski definition) is 2. The van der Waals surface area contributed by atoms with Gasteiger partial charge in [-0.25, -0.2) is 9.37 Å². The maximum atomic E-state index is 13.7. The van der Waals surface area contributed by atoms with Crippen LogP contribution in [-0.2, 0) is 20.1 Å². The maximum absolute atomic E-state index is 13.7. The van der Waals surface area contributed by atoms with Crippen molar-refractivity contribution in [2.75, 3.05) is 7.05 Å². The van der Waals surface area contributed by atoms with Gasteiger partial charge in [0.2, 0.25) is 0 Å². The predicted molar refractivity (Wildman–Crippen MR) is 79.2 cm³/mol. The summed E-state index contributed by atoms with van der Waals surface area (Å²) in [6.45, 7) is 0.663. The standard InChI is InChI=1S/C14H16FN7/c1-17-14(19-8-13-20-9-21-22(13)2)18-7-11-5-10(6-16)3-4-12(11)15/h3-5,9H,7-8H2,1-2H3,(H2,17,18,19). The molecule has 2 N–H and O–H groups in total. The van der Waals surface area contributed by atoms with E-state index in [0.29, 0.717) is 23.6 Å². The minimum absolute atomic E-state index is 0.222. The van der Waals surface area contributed by atoms with Crippen LogP contribution in [0.4, 0.5) is 4.39 Å². The fraction of sp³-hybridized carbons (Fsp3) is 0.286. The van der Waals surface area contributed by atoms with E-state index in [9.17, 15) is 4.39 Å². The van der Waals surface area contributed by atoms with Crippen molar-refractivity contribution in [2.24, 2.45) is 12.0 Å². The molecule has 0 saturated carbocycles. The fourth-order valence-electron chi connectivity index (χ4n) is 1.82. The topological polar surface area (TPSA) is 90.9 Å². The molecule has 0 unspecified atom stereocenters. The Kier molecular flexibility index (Phi) is 5.03. The van der Waals surface area contributed by atoms with Crippen LogP contribution in [0.15, 0.2) is 29.5 Å². The smallest absolute Gasteiger partial charge is 0.191 e. The monoisotopic (exact) mass is 301 g/mol. The molecule has 8 heteroatoms. The van der Waals surface area contributed by atoms with Crippen LogP contribution in [0.2, 0.25) is 0 Å². The summed E-state index contributed by atoms with van der Waals surface area (Å²) in [5.41, 5.74) is 0.820. The molecule has 114 valence electrons. The first kappa shape index (κ1) is 15.4. The Balaban J connectivity index is 1.94. The first-order valence-corrected chi connectivity index (χ1v) is 6.60. The van der Waals surface area contributed by atoms with E-state index in [1.54, 1.807) is 18.8 Å². The average Bonchev–Trinajstić information content (AvgIpc) is 2.94. The van der Waals surface area contributed by atoms with Gasteiger partial charge >= 0.3 is 0 Å². The quantitative estimate of drug-likeness (QED) is 0.640. The van der Waals surface area contributed by atoms with Crippen molar-refractivity contribution in [3.05, 3.63) is 47.3 Å². The van der Waals surface area contributed by atoms with Gasteiger partial charge in [0.15, 0.2) is 5.96 Å². The molecule has 0 atom stereocenters. The molecule has 0 aliphatic heterocycles. The Labute approximate surface area is 127 Å². The summed E-state index contributed by atoms with van der Waals surface area (Å²) in [5.74, 6) is 0.889. The van der Waals surface area contributed by atoms with Crippen LogP contribution in [0.1, 0.15) is 17.0 Å². The van der Waals surface area contributed by atoms with E-state index >= 15 is 0 Å². The molecule has 1 heterocycles. The highest BCUT2D eigenvalue weighted by Gasteiger charge is 2.06. The van der Waals surface area contributed by atoms with Gasteiger partial charge in [-0.3, -0.25) is 9.67 Å². The van der Waals surface area contributed by atoms with Gasteiger partial charge in [0.1, 0.15) is 18.0 Å². The van der Waals surface area contributed by atoms with Crippen LogP contribution in [0.3, 0.4) is 0 Å².